The summed E-state index contributed by atoms with van der Waals surface area (Å²) in [5.74, 6) is -0.869. The Balaban J connectivity index is 1.77. The third-order valence-electron chi connectivity index (χ3n) is 3.67. The predicted molar refractivity (Wildman–Crippen MR) is 67.3 cm³/mol. The van der Waals surface area contributed by atoms with Gasteiger partial charge in [0.05, 0.1) is 12.3 Å². The number of piperidine rings is 1. The second-order valence-corrected chi connectivity index (χ2v) is 5.33. The first-order valence-corrected chi connectivity index (χ1v) is 6.86. The number of carbonyl (C=O) groups is 3. The number of carbonyl (C=O) groups excluding carboxylic acids is 2. The van der Waals surface area contributed by atoms with Crippen molar-refractivity contribution in [2.24, 2.45) is 11.8 Å². The smallest absolute Gasteiger partial charge is 0.305 e. The highest BCUT2D eigenvalue weighted by molar-refractivity contribution is 5.83. The molecular weight excluding hydrogens is 248 g/mol. The number of rotatable bonds is 5. The molecule has 2 aliphatic rings. The molecule has 2 rings (SSSR count). The summed E-state index contributed by atoms with van der Waals surface area (Å²) in [6.45, 7) is 1.38. The van der Waals surface area contributed by atoms with Gasteiger partial charge < -0.3 is 15.3 Å². The van der Waals surface area contributed by atoms with Gasteiger partial charge in [0.2, 0.25) is 11.8 Å². The molecule has 6 heteroatoms. The van der Waals surface area contributed by atoms with Gasteiger partial charge in [0.25, 0.3) is 0 Å². The highest BCUT2D eigenvalue weighted by atomic mass is 16.4. The van der Waals surface area contributed by atoms with Crippen LogP contribution in [0.5, 0.6) is 0 Å². The van der Waals surface area contributed by atoms with Crippen LogP contribution in [0, 0.1) is 11.8 Å². The maximum Gasteiger partial charge on any atom is 0.305 e. The summed E-state index contributed by atoms with van der Waals surface area (Å²) in [5.41, 5.74) is 0. The molecule has 106 valence electrons. The number of carboxylic acid groups (broad SMARTS) is 1. The number of nitrogens with one attached hydrogen (secondary N) is 1. The zero-order valence-corrected chi connectivity index (χ0v) is 10.9. The van der Waals surface area contributed by atoms with Gasteiger partial charge >= 0.3 is 5.97 Å². The first kappa shape index (κ1) is 13.8. The van der Waals surface area contributed by atoms with Crippen molar-refractivity contribution in [3.63, 3.8) is 0 Å². The Morgan fingerprint density at radius 1 is 1.16 bits per heavy atom. The van der Waals surface area contributed by atoms with E-state index in [0.717, 1.165) is 32.2 Å². The number of likely N-dealkylation sites (tertiary alicyclic amines) is 1. The molecule has 2 fully saturated rings. The van der Waals surface area contributed by atoms with E-state index in [1.807, 2.05) is 0 Å². The highest BCUT2D eigenvalue weighted by Gasteiger charge is 2.36. The first-order chi connectivity index (χ1) is 9.08. The molecule has 1 aliphatic carbocycles. The van der Waals surface area contributed by atoms with Crippen LogP contribution < -0.4 is 5.32 Å². The molecule has 0 spiro atoms. The van der Waals surface area contributed by atoms with E-state index in [4.69, 9.17) is 5.11 Å². The SMILES string of the molecule is O=C(O)CCNC(=O)C1CCCN(C(=O)C2CC2)C1. The molecule has 1 atom stereocenters. The lowest BCUT2D eigenvalue weighted by Crippen LogP contribution is -2.46. The summed E-state index contributed by atoms with van der Waals surface area (Å²) in [7, 11) is 0. The molecule has 2 N–H and O–H groups in total. The summed E-state index contributed by atoms with van der Waals surface area (Å²) in [6.07, 6.45) is 3.50. The fourth-order valence-electron chi connectivity index (χ4n) is 2.42. The van der Waals surface area contributed by atoms with Crippen LogP contribution in [0.1, 0.15) is 32.1 Å². The zero-order chi connectivity index (χ0) is 13.8. The van der Waals surface area contributed by atoms with Crippen LogP contribution in [0.4, 0.5) is 0 Å². The number of amides is 2. The fraction of sp³-hybridized carbons (Fsp3) is 0.769. The molecule has 6 nitrogen and oxygen atoms in total. The maximum atomic E-state index is 11.9. The zero-order valence-electron chi connectivity index (χ0n) is 10.9. The summed E-state index contributed by atoms with van der Waals surface area (Å²) >= 11 is 0. The van der Waals surface area contributed by atoms with Gasteiger partial charge in [-0.15, -0.1) is 0 Å². The van der Waals surface area contributed by atoms with Gasteiger partial charge in [0, 0.05) is 25.6 Å². The van der Waals surface area contributed by atoms with Gasteiger partial charge in [-0.3, -0.25) is 14.4 Å². The van der Waals surface area contributed by atoms with Crippen LogP contribution >= 0.6 is 0 Å². The Morgan fingerprint density at radius 2 is 1.89 bits per heavy atom. The lowest BCUT2D eigenvalue weighted by Gasteiger charge is -2.32. The minimum absolute atomic E-state index is 0.0663. The molecule has 2 amide bonds. The number of hydrogen-bond acceptors (Lipinski definition) is 3. The van der Waals surface area contributed by atoms with Crippen LogP contribution in [-0.4, -0.2) is 47.4 Å². The monoisotopic (exact) mass is 268 g/mol. The Kier molecular flexibility index (Phi) is 4.39. The number of aliphatic carboxylic acids is 1. The lowest BCUT2D eigenvalue weighted by atomic mass is 9.96. The van der Waals surface area contributed by atoms with E-state index in [2.05, 4.69) is 5.32 Å². The van der Waals surface area contributed by atoms with Crippen molar-refractivity contribution in [1.82, 2.24) is 10.2 Å². The van der Waals surface area contributed by atoms with Crippen molar-refractivity contribution in [1.29, 1.82) is 0 Å². The second kappa shape index (κ2) is 6.04. The van der Waals surface area contributed by atoms with Gasteiger partial charge in [-0.2, -0.15) is 0 Å². The predicted octanol–water partition coefficient (Wildman–Crippen LogP) is 0.226. The van der Waals surface area contributed by atoms with Crippen LogP contribution in [0.25, 0.3) is 0 Å². The van der Waals surface area contributed by atoms with Crippen molar-refractivity contribution >= 4 is 17.8 Å². The van der Waals surface area contributed by atoms with Crippen molar-refractivity contribution < 1.29 is 19.5 Å². The van der Waals surface area contributed by atoms with Crippen LogP contribution in [0.3, 0.4) is 0 Å². The van der Waals surface area contributed by atoms with E-state index < -0.39 is 5.97 Å². The van der Waals surface area contributed by atoms with Gasteiger partial charge in [0.1, 0.15) is 0 Å². The van der Waals surface area contributed by atoms with Crippen LogP contribution in [0.2, 0.25) is 0 Å². The molecule has 1 unspecified atom stereocenters. The molecule has 1 heterocycles. The minimum Gasteiger partial charge on any atom is -0.481 e. The largest absolute Gasteiger partial charge is 0.481 e. The third-order valence-corrected chi connectivity index (χ3v) is 3.67. The van der Waals surface area contributed by atoms with E-state index in [9.17, 15) is 14.4 Å². The van der Waals surface area contributed by atoms with E-state index in [0.29, 0.717) is 6.54 Å². The maximum absolute atomic E-state index is 11.9. The van der Waals surface area contributed by atoms with Gasteiger partial charge in [0.15, 0.2) is 0 Å². The summed E-state index contributed by atoms with van der Waals surface area (Å²) < 4.78 is 0. The summed E-state index contributed by atoms with van der Waals surface area (Å²) in [5, 5.41) is 11.1. The quantitative estimate of drug-likeness (QED) is 0.747. The van der Waals surface area contributed by atoms with Crippen LogP contribution in [0.15, 0.2) is 0 Å². The number of hydrogen-bond donors (Lipinski definition) is 2. The third kappa shape index (κ3) is 3.94. The second-order valence-electron chi connectivity index (χ2n) is 5.33. The molecule has 0 aromatic rings. The molecule has 0 radical (unpaired) electrons. The van der Waals surface area contributed by atoms with E-state index >= 15 is 0 Å². The number of nitrogens with zero attached hydrogens (tertiary/aromatic N) is 1. The minimum atomic E-state index is -0.922. The van der Waals surface area contributed by atoms with Gasteiger partial charge in [-0.25, -0.2) is 0 Å². The van der Waals surface area contributed by atoms with Crippen molar-refractivity contribution in [2.45, 2.75) is 32.1 Å². The van der Waals surface area contributed by atoms with Crippen molar-refractivity contribution in [3.05, 3.63) is 0 Å². The van der Waals surface area contributed by atoms with Crippen LogP contribution in [-0.2, 0) is 14.4 Å². The Morgan fingerprint density at radius 3 is 2.53 bits per heavy atom. The highest BCUT2D eigenvalue weighted by Crippen LogP contribution is 2.32. The number of carboxylic acids is 1. The molecule has 1 saturated heterocycles. The van der Waals surface area contributed by atoms with Gasteiger partial charge in [-0.1, -0.05) is 0 Å². The molecule has 0 bridgehead atoms. The molecule has 1 aliphatic heterocycles. The average molecular weight is 268 g/mol. The van der Waals surface area contributed by atoms with E-state index in [1.54, 1.807) is 4.90 Å². The summed E-state index contributed by atoms with van der Waals surface area (Å²) in [6, 6.07) is 0. The first-order valence-electron chi connectivity index (χ1n) is 6.86. The fourth-order valence-corrected chi connectivity index (χ4v) is 2.42. The summed E-state index contributed by atoms with van der Waals surface area (Å²) in [4.78, 5) is 36.0. The normalized spacial score (nSPS) is 22.9. The Labute approximate surface area is 112 Å². The molecule has 19 heavy (non-hydrogen) atoms. The van der Waals surface area contributed by atoms with Crippen molar-refractivity contribution in [3.8, 4) is 0 Å². The molecule has 1 saturated carbocycles. The Bertz CT molecular complexity index is 379. The molecular formula is C13H20N2O4. The molecule has 0 aromatic carbocycles. The van der Waals surface area contributed by atoms with E-state index in [1.165, 1.54) is 0 Å². The topological polar surface area (TPSA) is 86.7 Å². The standard InChI is InChI=1S/C13H20N2O4/c16-11(17)5-6-14-12(18)10-2-1-7-15(8-10)13(19)9-3-4-9/h9-10H,1-8H2,(H,14,18)(H,16,17). The average Bonchev–Trinajstić information content (AvgIpc) is 3.22. The van der Waals surface area contributed by atoms with E-state index in [-0.39, 0.29) is 36.6 Å². The van der Waals surface area contributed by atoms with Gasteiger partial charge in [-0.05, 0) is 25.7 Å². The lowest BCUT2D eigenvalue weighted by molar-refractivity contribution is -0.137. The molecule has 0 aromatic heterocycles. The van der Waals surface area contributed by atoms with Crippen molar-refractivity contribution in [2.75, 3.05) is 19.6 Å². The Hall–Kier alpha value is -1.59.